The maximum Gasteiger partial charge on any atom is 0.417 e. The first-order valence-electron chi connectivity index (χ1n) is 7.03. The van der Waals surface area contributed by atoms with Crippen molar-refractivity contribution in [3.8, 4) is 6.07 Å². The summed E-state index contributed by atoms with van der Waals surface area (Å²) in [5.41, 5.74) is -1.27. The van der Waals surface area contributed by atoms with Gasteiger partial charge in [0, 0.05) is 24.6 Å². The molecule has 1 aliphatic carbocycles. The molecule has 1 aliphatic rings. The molecule has 0 amide bonds. The van der Waals surface area contributed by atoms with E-state index in [2.05, 4.69) is 5.32 Å². The molecule has 1 aromatic rings. The van der Waals surface area contributed by atoms with E-state index in [0.29, 0.717) is 19.3 Å². The summed E-state index contributed by atoms with van der Waals surface area (Å²) in [4.78, 5) is 11.6. The Morgan fingerprint density at radius 1 is 1.36 bits per heavy atom. The summed E-state index contributed by atoms with van der Waals surface area (Å²) < 4.78 is 38.9. The largest absolute Gasteiger partial charge is 0.417 e. The van der Waals surface area contributed by atoms with Gasteiger partial charge in [-0.25, -0.2) is 0 Å². The van der Waals surface area contributed by atoms with Gasteiger partial charge in [-0.05, 0) is 30.0 Å². The van der Waals surface area contributed by atoms with E-state index < -0.39 is 17.3 Å². The number of anilines is 1. The quantitative estimate of drug-likeness (QED) is 0.893. The monoisotopic (exact) mass is 310 g/mol. The molecular weight excluding hydrogens is 293 g/mol. The Morgan fingerprint density at radius 3 is 2.64 bits per heavy atom. The molecule has 0 spiro atoms. The first-order chi connectivity index (χ1) is 10.1. The highest BCUT2D eigenvalue weighted by Gasteiger charge is 2.37. The Bertz CT molecular complexity index is 629. The van der Waals surface area contributed by atoms with E-state index >= 15 is 0 Å². The van der Waals surface area contributed by atoms with Crippen molar-refractivity contribution in [2.75, 3.05) is 5.32 Å². The van der Waals surface area contributed by atoms with Crippen molar-refractivity contribution >= 4 is 11.5 Å². The van der Waals surface area contributed by atoms with Crippen LogP contribution in [0.3, 0.4) is 0 Å². The molecule has 2 rings (SSSR count). The predicted octanol–water partition coefficient (Wildman–Crippen LogP) is 4.14. The van der Waals surface area contributed by atoms with Crippen LogP contribution in [0.1, 0.15) is 44.2 Å². The van der Waals surface area contributed by atoms with Crippen LogP contribution in [0.4, 0.5) is 18.9 Å². The number of nitrogens with zero attached hydrogens (tertiary/aromatic N) is 1. The van der Waals surface area contributed by atoms with Gasteiger partial charge < -0.3 is 5.32 Å². The van der Waals surface area contributed by atoms with E-state index in [9.17, 15) is 18.0 Å². The average Bonchev–Trinajstić information content (AvgIpc) is 2.42. The van der Waals surface area contributed by atoms with Crippen LogP contribution < -0.4 is 5.32 Å². The molecule has 0 radical (unpaired) electrons. The molecule has 1 atom stereocenters. The molecule has 0 aliphatic heterocycles. The number of alkyl halides is 3. The minimum Gasteiger partial charge on any atom is -0.381 e. The third-order valence-corrected chi connectivity index (χ3v) is 4.21. The van der Waals surface area contributed by atoms with Crippen LogP contribution in [0, 0.1) is 16.7 Å². The molecule has 0 bridgehead atoms. The SMILES string of the molecule is CC1(C)CCC(=O)CC1Nc1ccc(C#N)c(C(F)(F)F)c1. The number of carbonyl (C=O) groups is 1. The smallest absolute Gasteiger partial charge is 0.381 e. The summed E-state index contributed by atoms with van der Waals surface area (Å²) in [5.74, 6) is 0.113. The van der Waals surface area contributed by atoms with Gasteiger partial charge in [0.25, 0.3) is 0 Å². The van der Waals surface area contributed by atoms with Crippen LogP contribution in [-0.2, 0) is 11.0 Å². The van der Waals surface area contributed by atoms with Gasteiger partial charge in [-0.15, -0.1) is 0 Å². The highest BCUT2D eigenvalue weighted by Crippen LogP contribution is 2.38. The van der Waals surface area contributed by atoms with E-state index in [1.807, 2.05) is 13.8 Å². The Labute approximate surface area is 127 Å². The molecule has 1 N–H and O–H groups in total. The molecule has 1 unspecified atom stereocenters. The third-order valence-electron chi connectivity index (χ3n) is 4.21. The number of halogens is 3. The molecule has 0 aromatic heterocycles. The number of carbonyl (C=O) groups excluding carboxylic acids is 1. The maximum atomic E-state index is 13.0. The number of rotatable bonds is 2. The lowest BCUT2D eigenvalue weighted by atomic mass is 9.72. The molecule has 0 saturated heterocycles. The maximum absolute atomic E-state index is 13.0. The molecular formula is C16H17F3N2O. The van der Waals surface area contributed by atoms with E-state index in [0.717, 1.165) is 12.1 Å². The minimum absolute atomic E-state index is 0.113. The van der Waals surface area contributed by atoms with Crippen LogP contribution in [0.25, 0.3) is 0 Å². The topological polar surface area (TPSA) is 52.9 Å². The Balaban J connectivity index is 2.30. The van der Waals surface area contributed by atoms with Gasteiger partial charge in [-0.2, -0.15) is 18.4 Å². The van der Waals surface area contributed by atoms with Crippen molar-refractivity contribution in [2.24, 2.45) is 5.41 Å². The van der Waals surface area contributed by atoms with E-state index in [1.54, 1.807) is 6.07 Å². The molecule has 0 heterocycles. The molecule has 1 aromatic carbocycles. The highest BCUT2D eigenvalue weighted by molar-refractivity contribution is 5.80. The Kier molecular flexibility index (Phi) is 4.19. The van der Waals surface area contributed by atoms with Crippen LogP contribution in [-0.4, -0.2) is 11.8 Å². The third kappa shape index (κ3) is 3.41. The molecule has 118 valence electrons. The standard InChI is InChI=1S/C16H17F3N2O/c1-15(2)6-5-12(22)8-14(15)21-11-4-3-10(9-20)13(7-11)16(17,18)19/h3-4,7,14,21H,5-6,8H2,1-2H3. The zero-order chi connectivity index (χ0) is 16.5. The van der Waals surface area contributed by atoms with E-state index in [4.69, 9.17) is 5.26 Å². The fraction of sp³-hybridized carbons (Fsp3) is 0.500. The molecule has 6 heteroatoms. The number of nitriles is 1. The molecule has 1 saturated carbocycles. The van der Waals surface area contributed by atoms with Crippen molar-refractivity contribution in [2.45, 2.75) is 45.3 Å². The summed E-state index contributed by atoms with van der Waals surface area (Å²) >= 11 is 0. The lowest BCUT2D eigenvalue weighted by molar-refractivity contribution is -0.137. The van der Waals surface area contributed by atoms with Crippen LogP contribution in [0.15, 0.2) is 18.2 Å². The summed E-state index contributed by atoms with van der Waals surface area (Å²) in [6.45, 7) is 3.98. The second-order valence-electron chi connectivity index (χ2n) is 6.30. The summed E-state index contributed by atoms with van der Waals surface area (Å²) in [5, 5.41) is 11.8. The molecule has 22 heavy (non-hydrogen) atoms. The Hall–Kier alpha value is -2.03. The summed E-state index contributed by atoms with van der Waals surface area (Å²) in [7, 11) is 0. The van der Waals surface area contributed by atoms with Crippen molar-refractivity contribution in [3.63, 3.8) is 0 Å². The lowest BCUT2D eigenvalue weighted by Crippen LogP contribution is -2.42. The normalized spacial score (nSPS) is 21.3. The summed E-state index contributed by atoms with van der Waals surface area (Å²) in [6.07, 6.45) is -3.08. The average molecular weight is 310 g/mol. The fourth-order valence-corrected chi connectivity index (χ4v) is 2.66. The number of hydrogen-bond acceptors (Lipinski definition) is 3. The van der Waals surface area contributed by atoms with Gasteiger partial charge in [0.2, 0.25) is 0 Å². The first kappa shape index (κ1) is 16.3. The number of benzene rings is 1. The minimum atomic E-state index is -4.58. The summed E-state index contributed by atoms with van der Waals surface area (Å²) in [6, 6.07) is 4.88. The van der Waals surface area contributed by atoms with Crippen molar-refractivity contribution < 1.29 is 18.0 Å². The van der Waals surface area contributed by atoms with Gasteiger partial charge in [0.1, 0.15) is 5.78 Å². The first-order valence-corrected chi connectivity index (χ1v) is 7.03. The van der Waals surface area contributed by atoms with E-state index in [1.165, 1.54) is 6.07 Å². The van der Waals surface area contributed by atoms with E-state index in [-0.39, 0.29) is 22.9 Å². The van der Waals surface area contributed by atoms with Crippen molar-refractivity contribution in [1.82, 2.24) is 0 Å². The second kappa shape index (κ2) is 5.64. The van der Waals surface area contributed by atoms with Gasteiger partial charge in [0.15, 0.2) is 0 Å². The van der Waals surface area contributed by atoms with Crippen molar-refractivity contribution in [3.05, 3.63) is 29.3 Å². The zero-order valence-electron chi connectivity index (χ0n) is 12.4. The molecule has 1 fully saturated rings. The second-order valence-corrected chi connectivity index (χ2v) is 6.30. The lowest BCUT2D eigenvalue weighted by Gasteiger charge is -2.39. The number of Topliss-reactive ketones (excluding diaryl/α,β-unsaturated/α-hetero) is 1. The van der Waals surface area contributed by atoms with Gasteiger partial charge >= 0.3 is 6.18 Å². The van der Waals surface area contributed by atoms with Crippen LogP contribution >= 0.6 is 0 Å². The van der Waals surface area contributed by atoms with Gasteiger partial charge in [0.05, 0.1) is 17.2 Å². The zero-order valence-corrected chi connectivity index (χ0v) is 12.4. The van der Waals surface area contributed by atoms with Crippen LogP contribution in [0.5, 0.6) is 0 Å². The van der Waals surface area contributed by atoms with Gasteiger partial charge in [-0.1, -0.05) is 13.8 Å². The van der Waals surface area contributed by atoms with Gasteiger partial charge in [-0.3, -0.25) is 4.79 Å². The number of hydrogen-bond donors (Lipinski definition) is 1. The Morgan fingerprint density at radius 2 is 2.05 bits per heavy atom. The molecule has 3 nitrogen and oxygen atoms in total. The predicted molar refractivity (Wildman–Crippen MR) is 76.2 cm³/mol. The highest BCUT2D eigenvalue weighted by atomic mass is 19.4. The number of nitrogens with one attached hydrogen (secondary N) is 1. The van der Waals surface area contributed by atoms with Crippen LogP contribution in [0.2, 0.25) is 0 Å². The van der Waals surface area contributed by atoms with Crippen molar-refractivity contribution in [1.29, 1.82) is 5.26 Å². The fourth-order valence-electron chi connectivity index (χ4n) is 2.66. The number of ketones is 1.